The van der Waals surface area contributed by atoms with E-state index in [9.17, 15) is 0 Å². The summed E-state index contributed by atoms with van der Waals surface area (Å²) in [6, 6.07) is 1.10. The summed E-state index contributed by atoms with van der Waals surface area (Å²) in [6.07, 6.45) is 6.20. The van der Waals surface area contributed by atoms with Crippen LogP contribution in [0.3, 0.4) is 0 Å². The molecule has 4 nitrogen and oxygen atoms in total. The molecule has 2 unspecified atom stereocenters. The van der Waals surface area contributed by atoms with Crippen LogP contribution in [0.2, 0.25) is 0 Å². The SMILES string of the molecule is CCN1CCCC1c1nnc2n1C(C)CCC2. The van der Waals surface area contributed by atoms with Gasteiger partial charge < -0.3 is 4.57 Å². The van der Waals surface area contributed by atoms with E-state index in [4.69, 9.17) is 0 Å². The smallest absolute Gasteiger partial charge is 0.150 e. The quantitative estimate of drug-likeness (QED) is 0.787. The lowest BCUT2D eigenvalue weighted by molar-refractivity contribution is 0.248. The topological polar surface area (TPSA) is 34.0 Å². The summed E-state index contributed by atoms with van der Waals surface area (Å²) >= 11 is 0. The summed E-state index contributed by atoms with van der Waals surface area (Å²) in [6.45, 7) is 6.90. The van der Waals surface area contributed by atoms with Crippen LogP contribution in [0.4, 0.5) is 0 Å². The Kier molecular flexibility index (Phi) is 2.90. The average Bonchev–Trinajstić information content (AvgIpc) is 2.94. The van der Waals surface area contributed by atoms with Crippen molar-refractivity contribution >= 4 is 0 Å². The van der Waals surface area contributed by atoms with E-state index in [-0.39, 0.29) is 0 Å². The van der Waals surface area contributed by atoms with E-state index in [0.717, 1.165) is 13.0 Å². The van der Waals surface area contributed by atoms with Gasteiger partial charge in [-0.1, -0.05) is 6.92 Å². The number of nitrogens with zero attached hydrogens (tertiary/aromatic N) is 4. The maximum absolute atomic E-state index is 4.50. The molecule has 1 fully saturated rings. The highest BCUT2D eigenvalue weighted by Crippen LogP contribution is 2.34. The van der Waals surface area contributed by atoms with E-state index in [0.29, 0.717) is 12.1 Å². The van der Waals surface area contributed by atoms with E-state index in [2.05, 4.69) is 33.5 Å². The number of fused-ring (bicyclic) bond motifs is 1. The number of hydrogen-bond donors (Lipinski definition) is 0. The van der Waals surface area contributed by atoms with Gasteiger partial charge in [0.15, 0.2) is 5.82 Å². The molecule has 94 valence electrons. The fourth-order valence-electron chi connectivity index (χ4n) is 3.40. The number of hydrogen-bond acceptors (Lipinski definition) is 3. The number of likely N-dealkylation sites (tertiary alicyclic amines) is 1. The normalized spacial score (nSPS) is 29.5. The lowest BCUT2D eigenvalue weighted by Gasteiger charge is -2.27. The van der Waals surface area contributed by atoms with Crippen molar-refractivity contribution in [2.45, 2.75) is 58.0 Å². The van der Waals surface area contributed by atoms with Gasteiger partial charge in [0.1, 0.15) is 5.82 Å². The van der Waals surface area contributed by atoms with Gasteiger partial charge in [-0.3, -0.25) is 4.90 Å². The standard InChI is InChI=1S/C13H22N4/c1-3-16-9-5-7-11(16)13-15-14-12-8-4-6-10(2)17(12)13/h10-11H,3-9H2,1-2H3. The van der Waals surface area contributed by atoms with Crippen LogP contribution in [0.1, 0.15) is 63.3 Å². The number of aromatic nitrogens is 3. The lowest BCUT2D eigenvalue weighted by Crippen LogP contribution is -2.27. The first kappa shape index (κ1) is 11.2. The van der Waals surface area contributed by atoms with Crippen LogP contribution in [0, 0.1) is 0 Å². The van der Waals surface area contributed by atoms with Crippen LogP contribution in [-0.2, 0) is 6.42 Å². The van der Waals surface area contributed by atoms with Gasteiger partial charge in [-0.05, 0) is 45.7 Å². The molecule has 0 saturated carbocycles. The van der Waals surface area contributed by atoms with Crippen molar-refractivity contribution < 1.29 is 0 Å². The molecule has 4 heteroatoms. The van der Waals surface area contributed by atoms with Crippen LogP contribution in [0.25, 0.3) is 0 Å². The molecule has 0 N–H and O–H groups in total. The average molecular weight is 234 g/mol. The first-order valence-electron chi connectivity index (χ1n) is 6.99. The minimum absolute atomic E-state index is 0.516. The minimum Gasteiger partial charge on any atom is -0.311 e. The lowest BCUT2D eigenvalue weighted by atomic mass is 10.0. The maximum atomic E-state index is 4.50. The Hall–Kier alpha value is -0.900. The van der Waals surface area contributed by atoms with Crippen LogP contribution < -0.4 is 0 Å². The summed E-state index contributed by atoms with van der Waals surface area (Å²) in [4.78, 5) is 2.54. The molecule has 17 heavy (non-hydrogen) atoms. The largest absolute Gasteiger partial charge is 0.311 e. The Morgan fingerprint density at radius 1 is 1.24 bits per heavy atom. The molecule has 1 saturated heterocycles. The van der Waals surface area contributed by atoms with Crippen LogP contribution >= 0.6 is 0 Å². The monoisotopic (exact) mass is 234 g/mol. The molecule has 3 heterocycles. The Morgan fingerprint density at radius 2 is 2.12 bits per heavy atom. The zero-order valence-corrected chi connectivity index (χ0v) is 10.9. The zero-order valence-electron chi connectivity index (χ0n) is 10.9. The molecule has 2 aliphatic rings. The first-order valence-corrected chi connectivity index (χ1v) is 6.99. The van der Waals surface area contributed by atoms with Gasteiger partial charge in [-0.25, -0.2) is 0 Å². The zero-order chi connectivity index (χ0) is 11.8. The summed E-state index contributed by atoms with van der Waals surface area (Å²) in [5.41, 5.74) is 0. The number of rotatable bonds is 2. The third kappa shape index (κ3) is 1.79. The van der Waals surface area contributed by atoms with Gasteiger partial charge >= 0.3 is 0 Å². The van der Waals surface area contributed by atoms with Gasteiger partial charge in [0.05, 0.1) is 6.04 Å². The maximum Gasteiger partial charge on any atom is 0.150 e. The molecule has 0 radical (unpaired) electrons. The summed E-state index contributed by atoms with van der Waals surface area (Å²) in [7, 11) is 0. The second-order valence-electron chi connectivity index (χ2n) is 5.37. The van der Waals surface area contributed by atoms with Gasteiger partial charge in [0.25, 0.3) is 0 Å². The minimum atomic E-state index is 0.516. The van der Waals surface area contributed by atoms with Crippen molar-refractivity contribution in [1.29, 1.82) is 0 Å². The summed E-state index contributed by atoms with van der Waals surface area (Å²) in [5.74, 6) is 2.44. The molecular weight excluding hydrogens is 212 g/mol. The fraction of sp³-hybridized carbons (Fsp3) is 0.846. The molecule has 2 atom stereocenters. The predicted molar refractivity (Wildman–Crippen MR) is 66.9 cm³/mol. The Labute approximate surface area is 103 Å². The van der Waals surface area contributed by atoms with E-state index in [1.807, 2.05) is 0 Å². The van der Waals surface area contributed by atoms with Crippen molar-refractivity contribution in [1.82, 2.24) is 19.7 Å². The van der Waals surface area contributed by atoms with Gasteiger partial charge in [-0.15, -0.1) is 10.2 Å². The van der Waals surface area contributed by atoms with Crippen molar-refractivity contribution in [2.75, 3.05) is 13.1 Å². The Balaban J connectivity index is 1.95. The van der Waals surface area contributed by atoms with Crippen molar-refractivity contribution in [2.24, 2.45) is 0 Å². The summed E-state index contributed by atoms with van der Waals surface area (Å²) in [5, 5.41) is 8.91. The first-order chi connectivity index (χ1) is 8.31. The second kappa shape index (κ2) is 4.41. The molecule has 0 bridgehead atoms. The molecular formula is C13H22N4. The number of aryl methyl sites for hydroxylation is 1. The van der Waals surface area contributed by atoms with Crippen molar-refractivity contribution in [3.63, 3.8) is 0 Å². The summed E-state index contributed by atoms with van der Waals surface area (Å²) < 4.78 is 2.42. The van der Waals surface area contributed by atoms with E-state index >= 15 is 0 Å². The van der Waals surface area contributed by atoms with E-state index < -0.39 is 0 Å². The molecule has 0 aromatic carbocycles. The van der Waals surface area contributed by atoms with Crippen molar-refractivity contribution in [3.05, 3.63) is 11.6 Å². The third-order valence-corrected chi connectivity index (χ3v) is 4.32. The van der Waals surface area contributed by atoms with Crippen molar-refractivity contribution in [3.8, 4) is 0 Å². The molecule has 0 aliphatic carbocycles. The van der Waals surface area contributed by atoms with Gasteiger partial charge in [-0.2, -0.15) is 0 Å². The molecule has 2 aliphatic heterocycles. The van der Waals surface area contributed by atoms with E-state index in [1.165, 1.54) is 43.9 Å². The molecule has 3 rings (SSSR count). The van der Waals surface area contributed by atoms with Crippen LogP contribution in [0.5, 0.6) is 0 Å². The highest BCUT2D eigenvalue weighted by molar-refractivity contribution is 5.07. The predicted octanol–water partition coefficient (Wildman–Crippen LogP) is 2.33. The molecule has 0 spiro atoms. The fourth-order valence-corrected chi connectivity index (χ4v) is 3.40. The molecule has 1 aromatic rings. The Morgan fingerprint density at radius 3 is 2.94 bits per heavy atom. The van der Waals surface area contributed by atoms with Gasteiger partial charge in [0, 0.05) is 12.5 Å². The van der Waals surface area contributed by atoms with Crippen LogP contribution in [-0.4, -0.2) is 32.8 Å². The third-order valence-electron chi connectivity index (χ3n) is 4.32. The highest BCUT2D eigenvalue weighted by atomic mass is 15.3. The van der Waals surface area contributed by atoms with E-state index in [1.54, 1.807) is 0 Å². The second-order valence-corrected chi connectivity index (χ2v) is 5.37. The van der Waals surface area contributed by atoms with Gasteiger partial charge in [0.2, 0.25) is 0 Å². The highest BCUT2D eigenvalue weighted by Gasteiger charge is 2.32. The Bertz CT molecular complexity index is 398. The van der Waals surface area contributed by atoms with Crippen LogP contribution in [0.15, 0.2) is 0 Å². The molecule has 0 amide bonds. The molecule has 1 aromatic heterocycles.